The summed E-state index contributed by atoms with van der Waals surface area (Å²) in [6.07, 6.45) is 2.69. The number of hydrogen-bond acceptors (Lipinski definition) is 5. The van der Waals surface area contributed by atoms with Gasteiger partial charge >= 0.3 is 0 Å². The molecule has 0 radical (unpaired) electrons. The Hall–Kier alpha value is -1.54. The van der Waals surface area contributed by atoms with Crippen LogP contribution in [0.3, 0.4) is 0 Å². The molecule has 4 rings (SSSR count). The first-order chi connectivity index (χ1) is 12.0. The van der Waals surface area contributed by atoms with E-state index in [2.05, 4.69) is 16.8 Å². The third-order valence-corrected chi connectivity index (χ3v) is 5.78. The number of halogens is 1. The fourth-order valence-electron chi connectivity index (χ4n) is 4.62. The predicted octanol–water partition coefficient (Wildman–Crippen LogP) is 1.17. The van der Waals surface area contributed by atoms with Crippen LogP contribution in [0.15, 0.2) is 12.1 Å². The van der Waals surface area contributed by atoms with E-state index in [9.17, 15) is 9.18 Å². The molecule has 1 atom stereocenters. The lowest BCUT2D eigenvalue weighted by Crippen LogP contribution is -2.66. The van der Waals surface area contributed by atoms with E-state index >= 15 is 0 Å². The molecule has 1 unspecified atom stereocenters. The zero-order valence-corrected chi connectivity index (χ0v) is 14.4. The lowest BCUT2D eigenvalue weighted by Gasteiger charge is -2.54. The molecule has 3 aliphatic heterocycles. The average molecular weight is 349 g/mol. The highest BCUT2D eigenvalue weighted by atomic mass is 19.1. The molecule has 3 aliphatic rings. The number of nitrogens with zero attached hydrogens (tertiary/aromatic N) is 2. The first-order valence-corrected chi connectivity index (χ1v) is 8.82. The molecule has 2 fully saturated rings. The number of ether oxygens (including phenoxy) is 1. The molecule has 0 saturated carbocycles. The van der Waals surface area contributed by atoms with Gasteiger partial charge in [-0.15, -0.1) is 0 Å². The molecule has 136 valence electrons. The van der Waals surface area contributed by atoms with Crippen molar-refractivity contribution in [3.05, 3.63) is 34.6 Å². The number of fused-ring (bicyclic) bond motifs is 1. The number of carbonyl (C=O) groups is 1. The molecule has 3 heterocycles. The van der Waals surface area contributed by atoms with Gasteiger partial charge in [-0.1, -0.05) is 0 Å². The zero-order valence-electron chi connectivity index (χ0n) is 14.4. The van der Waals surface area contributed by atoms with Crippen LogP contribution in [0.25, 0.3) is 0 Å². The number of nitrogens with one attached hydrogen (secondary N) is 1. The lowest BCUT2D eigenvalue weighted by atomic mass is 9.82. The van der Waals surface area contributed by atoms with Crippen LogP contribution >= 0.6 is 0 Å². The van der Waals surface area contributed by atoms with Gasteiger partial charge in [0.1, 0.15) is 5.82 Å². The highest BCUT2D eigenvalue weighted by Crippen LogP contribution is 2.36. The number of carbonyl (C=O) groups excluding carboxylic acids is 1. The van der Waals surface area contributed by atoms with Gasteiger partial charge in [0, 0.05) is 50.0 Å². The van der Waals surface area contributed by atoms with Crippen molar-refractivity contribution in [1.29, 1.82) is 0 Å². The number of amides is 1. The van der Waals surface area contributed by atoms with Crippen LogP contribution in [0.1, 0.15) is 34.3 Å². The second-order valence-electron chi connectivity index (χ2n) is 7.61. The molecule has 0 bridgehead atoms. The second kappa shape index (κ2) is 6.32. The molecule has 7 heteroatoms. The number of likely N-dealkylation sites (N-methyl/N-ethyl adjacent to an activating group) is 1. The monoisotopic (exact) mass is 349 g/mol. The molecule has 6 nitrogen and oxygen atoms in total. The van der Waals surface area contributed by atoms with Gasteiger partial charge in [-0.2, -0.15) is 0 Å². The molecule has 0 aromatic heterocycles. The van der Waals surface area contributed by atoms with Crippen molar-refractivity contribution in [2.45, 2.75) is 37.5 Å². The van der Waals surface area contributed by atoms with Crippen LogP contribution in [0.5, 0.6) is 0 Å². The number of benzene rings is 1. The van der Waals surface area contributed by atoms with Gasteiger partial charge in [-0.25, -0.2) is 9.87 Å². The molecule has 1 spiro atoms. The van der Waals surface area contributed by atoms with Crippen molar-refractivity contribution in [3.8, 4) is 0 Å². The molecule has 2 N–H and O–H groups in total. The Morgan fingerprint density at radius 3 is 2.96 bits per heavy atom. The summed E-state index contributed by atoms with van der Waals surface area (Å²) < 4.78 is 20.6. The maximum absolute atomic E-state index is 14.5. The van der Waals surface area contributed by atoms with Crippen molar-refractivity contribution < 1.29 is 19.1 Å². The largest absolute Gasteiger partial charge is 0.372 e. The van der Waals surface area contributed by atoms with Crippen molar-refractivity contribution in [1.82, 2.24) is 15.3 Å². The van der Waals surface area contributed by atoms with E-state index in [1.165, 1.54) is 6.07 Å². The zero-order chi connectivity index (χ0) is 17.6. The predicted molar refractivity (Wildman–Crippen MR) is 89.0 cm³/mol. The summed E-state index contributed by atoms with van der Waals surface area (Å²) >= 11 is 0. The van der Waals surface area contributed by atoms with E-state index in [1.807, 2.05) is 0 Å². The Labute approximate surface area is 146 Å². The molecule has 25 heavy (non-hydrogen) atoms. The first kappa shape index (κ1) is 16.9. The van der Waals surface area contributed by atoms with Gasteiger partial charge in [0.15, 0.2) is 0 Å². The normalized spacial score (nSPS) is 26.1. The summed E-state index contributed by atoms with van der Waals surface area (Å²) in [5, 5.41) is 8.75. The first-order valence-electron chi connectivity index (χ1n) is 8.82. The number of likely N-dealkylation sites (tertiary alicyclic amines) is 1. The van der Waals surface area contributed by atoms with E-state index in [0.717, 1.165) is 44.6 Å². The molecule has 1 aromatic rings. The summed E-state index contributed by atoms with van der Waals surface area (Å²) in [7, 11) is 2.10. The van der Waals surface area contributed by atoms with Gasteiger partial charge < -0.3 is 9.64 Å². The fourth-order valence-corrected chi connectivity index (χ4v) is 4.62. The second-order valence-corrected chi connectivity index (χ2v) is 7.61. The molecule has 1 amide bonds. The number of hydroxylamine groups is 1. The third kappa shape index (κ3) is 3.06. The Balaban J connectivity index is 1.50. The van der Waals surface area contributed by atoms with E-state index in [1.54, 1.807) is 11.5 Å². The van der Waals surface area contributed by atoms with E-state index < -0.39 is 5.91 Å². The minimum atomic E-state index is -0.676. The number of rotatable bonds is 2. The smallest absolute Gasteiger partial charge is 0.274 e. The fraction of sp³-hybridized carbons (Fsp3) is 0.611. The van der Waals surface area contributed by atoms with Crippen molar-refractivity contribution in [3.63, 3.8) is 0 Å². The maximum Gasteiger partial charge on any atom is 0.274 e. The highest BCUT2D eigenvalue weighted by Gasteiger charge is 2.47. The lowest BCUT2D eigenvalue weighted by molar-refractivity contribution is -0.176. The van der Waals surface area contributed by atoms with Crippen LogP contribution < -0.4 is 5.48 Å². The minimum Gasteiger partial charge on any atom is -0.372 e. The van der Waals surface area contributed by atoms with E-state index in [-0.39, 0.29) is 17.0 Å². The van der Waals surface area contributed by atoms with Crippen LogP contribution in [0, 0.1) is 5.82 Å². The molecular formula is C18H24FN3O3. The van der Waals surface area contributed by atoms with Gasteiger partial charge in [0.25, 0.3) is 5.91 Å². The molecular weight excluding hydrogens is 325 g/mol. The Morgan fingerprint density at radius 1 is 1.44 bits per heavy atom. The maximum atomic E-state index is 14.5. The summed E-state index contributed by atoms with van der Waals surface area (Å²) in [5.74, 6) is -1.05. The Morgan fingerprint density at radius 2 is 2.24 bits per heavy atom. The van der Waals surface area contributed by atoms with Crippen molar-refractivity contribution in [2.75, 3.05) is 33.3 Å². The average Bonchev–Trinajstić information content (AvgIpc) is 2.59. The van der Waals surface area contributed by atoms with Crippen LogP contribution in [0.4, 0.5) is 4.39 Å². The quantitative estimate of drug-likeness (QED) is 0.620. The van der Waals surface area contributed by atoms with E-state index in [4.69, 9.17) is 9.94 Å². The van der Waals surface area contributed by atoms with Crippen molar-refractivity contribution in [2.24, 2.45) is 0 Å². The molecule has 0 aliphatic carbocycles. The molecule has 2 saturated heterocycles. The van der Waals surface area contributed by atoms with Gasteiger partial charge in [0.05, 0.1) is 5.60 Å². The summed E-state index contributed by atoms with van der Waals surface area (Å²) in [6.45, 7) is 4.13. The topological polar surface area (TPSA) is 65.0 Å². The van der Waals surface area contributed by atoms with Crippen LogP contribution in [0.2, 0.25) is 0 Å². The highest BCUT2D eigenvalue weighted by molar-refractivity contribution is 5.93. The summed E-state index contributed by atoms with van der Waals surface area (Å²) in [4.78, 5) is 16.2. The standard InChI is InChI=1S/C18H24FN3O3/c1-21-10-18(11-21)8-14(3-5-25-18)22-4-2-12-6-13(17(23)20-24)7-16(19)15(12)9-22/h6-7,14,24H,2-5,8-11H2,1H3,(H,20,23). The minimum absolute atomic E-state index is 0.0143. The third-order valence-electron chi connectivity index (χ3n) is 5.78. The van der Waals surface area contributed by atoms with Gasteiger partial charge in [0.2, 0.25) is 0 Å². The SMILES string of the molecule is CN1CC2(CC(N3CCc4cc(C(=O)NO)cc(F)c4C3)CCO2)C1. The summed E-state index contributed by atoms with van der Waals surface area (Å²) in [6, 6.07) is 3.31. The molecule has 1 aromatic carbocycles. The van der Waals surface area contributed by atoms with Crippen LogP contribution in [-0.2, 0) is 17.7 Å². The van der Waals surface area contributed by atoms with Gasteiger partial charge in [-0.3, -0.25) is 14.9 Å². The summed E-state index contributed by atoms with van der Waals surface area (Å²) in [5.41, 5.74) is 3.25. The van der Waals surface area contributed by atoms with Gasteiger partial charge in [-0.05, 0) is 44.0 Å². The number of hydrogen-bond donors (Lipinski definition) is 2. The van der Waals surface area contributed by atoms with Crippen LogP contribution in [-0.4, -0.2) is 65.8 Å². The Kier molecular flexibility index (Phi) is 4.27. The Bertz CT molecular complexity index is 685. The van der Waals surface area contributed by atoms with Crippen molar-refractivity contribution >= 4 is 5.91 Å². The van der Waals surface area contributed by atoms with E-state index in [0.29, 0.717) is 24.6 Å².